The lowest BCUT2D eigenvalue weighted by atomic mass is 9.97. The molecule has 0 saturated heterocycles. The van der Waals surface area contributed by atoms with Crippen LogP contribution in [-0.2, 0) is 11.3 Å². The van der Waals surface area contributed by atoms with Gasteiger partial charge in [-0.2, -0.15) is 0 Å². The molecule has 0 atom stereocenters. The predicted molar refractivity (Wildman–Crippen MR) is 132 cm³/mol. The van der Waals surface area contributed by atoms with E-state index in [2.05, 4.69) is 15.5 Å². The number of nitrogens with zero attached hydrogens (tertiary/aromatic N) is 3. The topological polar surface area (TPSA) is 58.1 Å². The number of carbonyl (C=O) groups excluding carboxylic acids is 1. The lowest BCUT2D eigenvalue weighted by molar-refractivity contribution is -0.128. The summed E-state index contributed by atoms with van der Waals surface area (Å²) in [5.41, 5.74) is 3.07. The molecule has 1 amide bonds. The molecule has 168 valence electrons. The van der Waals surface area contributed by atoms with Crippen LogP contribution in [0.15, 0.2) is 89.3 Å². The lowest BCUT2D eigenvalue weighted by Crippen LogP contribution is -2.33. The normalized spacial score (nSPS) is 10.9. The van der Waals surface area contributed by atoms with Gasteiger partial charge in [-0.05, 0) is 28.8 Å². The maximum atomic E-state index is 13.1. The number of anilines is 1. The molecule has 1 aromatic heterocycles. The Bertz CT molecular complexity index is 1130. The van der Waals surface area contributed by atoms with Gasteiger partial charge in [-0.25, -0.2) is 4.39 Å². The van der Waals surface area contributed by atoms with Gasteiger partial charge in [0.1, 0.15) is 5.82 Å². The fraction of sp³-hybridized carbons (Fsp3) is 0.160. The van der Waals surface area contributed by atoms with Gasteiger partial charge in [0.2, 0.25) is 11.0 Å². The van der Waals surface area contributed by atoms with Gasteiger partial charge >= 0.3 is 0 Å². The number of benzene rings is 3. The molecule has 0 bridgehead atoms. The van der Waals surface area contributed by atoms with Crippen molar-refractivity contribution in [2.45, 2.75) is 16.9 Å². The Labute approximate surface area is 200 Å². The summed E-state index contributed by atoms with van der Waals surface area (Å²) in [6.45, 7) is 0.525. The van der Waals surface area contributed by atoms with Crippen LogP contribution < -0.4 is 5.32 Å². The maximum Gasteiger partial charge on any atom is 0.233 e. The standard InChI is InChI=1S/C25H23FN4OS2/c1-30(23(19-8-4-2-5-9-19)20-10-6-3-7-11-20)22(31)17-32-25-29-28-24(33-25)27-16-18-12-14-21(26)15-13-18/h2-15,23H,16-17H2,1H3,(H,27,28). The van der Waals surface area contributed by atoms with E-state index in [0.29, 0.717) is 16.0 Å². The summed E-state index contributed by atoms with van der Waals surface area (Å²) in [6.07, 6.45) is 0. The van der Waals surface area contributed by atoms with Crippen molar-refractivity contribution in [3.05, 3.63) is 107 Å². The molecule has 1 heterocycles. The van der Waals surface area contributed by atoms with Crippen molar-refractivity contribution in [3.8, 4) is 0 Å². The molecule has 1 N–H and O–H groups in total. The largest absolute Gasteiger partial charge is 0.356 e. The fourth-order valence-electron chi connectivity index (χ4n) is 3.40. The van der Waals surface area contributed by atoms with E-state index in [1.54, 1.807) is 17.0 Å². The van der Waals surface area contributed by atoms with Gasteiger partial charge in [0.25, 0.3) is 0 Å². The smallest absolute Gasteiger partial charge is 0.233 e. The second-order valence-corrected chi connectivity index (χ2v) is 9.57. The van der Waals surface area contributed by atoms with Crippen LogP contribution in [0.25, 0.3) is 0 Å². The van der Waals surface area contributed by atoms with Crippen LogP contribution >= 0.6 is 23.1 Å². The van der Waals surface area contributed by atoms with Gasteiger partial charge in [-0.3, -0.25) is 4.79 Å². The molecule has 0 spiro atoms. The molecule has 0 unspecified atom stereocenters. The highest BCUT2D eigenvalue weighted by molar-refractivity contribution is 8.01. The Kier molecular flexibility index (Phi) is 7.70. The van der Waals surface area contributed by atoms with Gasteiger partial charge in [0, 0.05) is 13.6 Å². The Hall–Kier alpha value is -3.23. The minimum Gasteiger partial charge on any atom is -0.356 e. The Morgan fingerprint density at radius 2 is 1.58 bits per heavy atom. The quantitative estimate of drug-likeness (QED) is 0.316. The zero-order valence-corrected chi connectivity index (χ0v) is 19.7. The van der Waals surface area contributed by atoms with Gasteiger partial charge < -0.3 is 10.2 Å². The van der Waals surface area contributed by atoms with Crippen LogP contribution in [0.2, 0.25) is 0 Å². The first-order valence-corrected chi connectivity index (χ1v) is 12.2. The van der Waals surface area contributed by atoms with E-state index in [1.165, 1.54) is 35.2 Å². The SMILES string of the molecule is CN(C(=O)CSc1nnc(NCc2ccc(F)cc2)s1)C(c1ccccc1)c1ccccc1. The molecule has 0 aliphatic rings. The molecule has 0 saturated carbocycles. The number of halogens is 1. The Balaban J connectivity index is 1.37. The molecular weight excluding hydrogens is 455 g/mol. The minimum absolute atomic E-state index is 0.00808. The number of aromatic nitrogens is 2. The summed E-state index contributed by atoms with van der Waals surface area (Å²) in [5, 5.41) is 12.2. The minimum atomic E-state index is -0.259. The first-order valence-electron chi connectivity index (χ1n) is 10.4. The molecule has 33 heavy (non-hydrogen) atoms. The molecule has 0 radical (unpaired) electrons. The van der Waals surface area contributed by atoms with Gasteiger partial charge in [0.15, 0.2) is 4.34 Å². The third-order valence-electron chi connectivity index (χ3n) is 5.09. The molecular formula is C25H23FN4OS2. The van der Waals surface area contributed by atoms with Crippen molar-refractivity contribution in [1.82, 2.24) is 15.1 Å². The number of hydrogen-bond donors (Lipinski definition) is 1. The maximum absolute atomic E-state index is 13.1. The van der Waals surface area contributed by atoms with Crippen molar-refractivity contribution >= 4 is 34.1 Å². The third-order valence-corrected chi connectivity index (χ3v) is 7.09. The van der Waals surface area contributed by atoms with Crippen molar-refractivity contribution in [3.63, 3.8) is 0 Å². The fourth-order valence-corrected chi connectivity index (χ4v) is 5.07. The molecule has 4 rings (SSSR count). The third kappa shape index (κ3) is 6.18. The highest BCUT2D eigenvalue weighted by atomic mass is 32.2. The van der Waals surface area contributed by atoms with Crippen LogP contribution in [0.4, 0.5) is 9.52 Å². The number of carbonyl (C=O) groups is 1. The van der Waals surface area contributed by atoms with E-state index in [0.717, 1.165) is 16.7 Å². The molecule has 0 aliphatic heterocycles. The summed E-state index contributed by atoms with van der Waals surface area (Å²) < 4.78 is 13.7. The summed E-state index contributed by atoms with van der Waals surface area (Å²) in [5.74, 6) is 0.0118. The van der Waals surface area contributed by atoms with E-state index in [-0.39, 0.29) is 23.5 Å². The summed E-state index contributed by atoms with van der Waals surface area (Å²) in [7, 11) is 1.84. The van der Waals surface area contributed by atoms with Gasteiger partial charge in [0.05, 0.1) is 11.8 Å². The highest BCUT2D eigenvalue weighted by Crippen LogP contribution is 2.30. The number of thioether (sulfide) groups is 1. The van der Waals surface area contributed by atoms with Crippen molar-refractivity contribution < 1.29 is 9.18 Å². The summed E-state index contributed by atoms with van der Waals surface area (Å²) >= 11 is 2.77. The van der Waals surface area contributed by atoms with Crippen molar-refractivity contribution in [1.29, 1.82) is 0 Å². The first-order chi connectivity index (χ1) is 16.1. The van der Waals surface area contributed by atoms with Gasteiger partial charge in [-0.1, -0.05) is 95.9 Å². The predicted octanol–water partition coefficient (Wildman–Crippen LogP) is 5.63. The summed E-state index contributed by atoms with van der Waals surface area (Å²) in [4.78, 5) is 14.8. The molecule has 0 aliphatic carbocycles. The zero-order chi connectivity index (χ0) is 23.0. The van der Waals surface area contributed by atoms with E-state index in [1.807, 2.05) is 67.7 Å². The van der Waals surface area contributed by atoms with Gasteiger partial charge in [-0.15, -0.1) is 10.2 Å². The van der Waals surface area contributed by atoms with Crippen LogP contribution in [0.5, 0.6) is 0 Å². The second-order valence-electron chi connectivity index (χ2n) is 7.37. The monoisotopic (exact) mass is 478 g/mol. The summed E-state index contributed by atoms with van der Waals surface area (Å²) in [6, 6.07) is 26.2. The number of hydrogen-bond acceptors (Lipinski definition) is 6. The Morgan fingerprint density at radius 3 is 2.18 bits per heavy atom. The number of amides is 1. The first kappa shape index (κ1) is 22.9. The van der Waals surface area contributed by atoms with Crippen LogP contribution in [0.3, 0.4) is 0 Å². The van der Waals surface area contributed by atoms with Crippen LogP contribution in [0, 0.1) is 5.82 Å². The average molecular weight is 479 g/mol. The average Bonchev–Trinajstić information content (AvgIpc) is 3.31. The van der Waals surface area contributed by atoms with E-state index >= 15 is 0 Å². The molecule has 0 fully saturated rings. The lowest BCUT2D eigenvalue weighted by Gasteiger charge is -2.29. The van der Waals surface area contributed by atoms with Crippen LogP contribution in [-0.4, -0.2) is 33.8 Å². The Morgan fingerprint density at radius 1 is 0.970 bits per heavy atom. The highest BCUT2D eigenvalue weighted by Gasteiger charge is 2.23. The molecule has 8 heteroatoms. The molecule has 5 nitrogen and oxygen atoms in total. The van der Waals surface area contributed by atoms with E-state index in [4.69, 9.17) is 0 Å². The zero-order valence-electron chi connectivity index (χ0n) is 18.0. The van der Waals surface area contributed by atoms with Crippen LogP contribution in [0.1, 0.15) is 22.7 Å². The molecule has 3 aromatic carbocycles. The number of nitrogens with one attached hydrogen (secondary N) is 1. The van der Waals surface area contributed by atoms with Crippen molar-refractivity contribution in [2.24, 2.45) is 0 Å². The van der Waals surface area contributed by atoms with E-state index < -0.39 is 0 Å². The molecule has 4 aromatic rings. The van der Waals surface area contributed by atoms with Crippen molar-refractivity contribution in [2.75, 3.05) is 18.1 Å². The second kappa shape index (κ2) is 11.1. The van der Waals surface area contributed by atoms with E-state index in [9.17, 15) is 9.18 Å². The number of rotatable bonds is 9.